The second-order valence-corrected chi connectivity index (χ2v) is 5.73. The molecule has 1 atom stereocenters. The first-order valence-electron chi connectivity index (χ1n) is 7.15. The van der Waals surface area contributed by atoms with Gasteiger partial charge in [-0.1, -0.05) is 17.7 Å². The van der Waals surface area contributed by atoms with Gasteiger partial charge in [-0.05, 0) is 45.7 Å². The molecule has 19 heavy (non-hydrogen) atoms. The number of rotatable bonds is 4. The number of hydrogen-bond acceptors (Lipinski definition) is 3. The maximum absolute atomic E-state index is 10.0. The van der Waals surface area contributed by atoms with Crippen molar-refractivity contribution < 1.29 is 9.84 Å². The Kier molecular flexibility index (Phi) is 4.83. The van der Waals surface area contributed by atoms with Crippen LogP contribution in [0.5, 0.6) is 5.75 Å². The number of ether oxygens (including phenoxy) is 1. The van der Waals surface area contributed by atoms with Gasteiger partial charge in [0.15, 0.2) is 0 Å². The van der Waals surface area contributed by atoms with Gasteiger partial charge in [-0.3, -0.25) is 4.90 Å². The Hall–Kier alpha value is -1.06. The van der Waals surface area contributed by atoms with Crippen molar-refractivity contribution in [2.75, 3.05) is 26.8 Å². The number of aromatic hydroxyl groups is 1. The Labute approximate surface area is 116 Å². The standard InChI is InChI=1S/C16H25NO2/c1-12-4-5-16(18)15(10-12)13(2)17(3)11-14-6-8-19-9-7-14/h4-5,10,13-14,18H,6-9,11H2,1-3H3. The minimum absolute atomic E-state index is 0.239. The highest BCUT2D eigenvalue weighted by molar-refractivity contribution is 5.37. The van der Waals surface area contributed by atoms with Crippen molar-refractivity contribution in [1.82, 2.24) is 4.90 Å². The molecule has 0 saturated carbocycles. The second-order valence-electron chi connectivity index (χ2n) is 5.73. The minimum atomic E-state index is 0.239. The molecule has 1 fully saturated rings. The summed E-state index contributed by atoms with van der Waals surface area (Å²) in [6.07, 6.45) is 2.30. The number of phenolic OH excluding ortho intramolecular Hbond substituents is 1. The number of hydrogen-bond donors (Lipinski definition) is 1. The normalized spacial score (nSPS) is 18.7. The van der Waals surface area contributed by atoms with Crippen LogP contribution in [-0.4, -0.2) is 36.8 Å². The highest BCUT2D eigenvalue weighted by atomic mass is 16.5. The third-order valence-corrected chi connectivity index (χ3v) is 4.18. The summed E-state index contributed by atoms with van der Waals surface area (Å²) in [6, 6.07) is 6.07. The molecule has 1 aliphatic rings. The monoisotopic (exact) mass is 263 g/mol. The van der Waals surface area contributed by atoms with Crippen molar-refractivity contribution in [3.8, 4) is 5.75 Å². The molecule has 1 aliphatic heterocycles. The molecule has 1 N–H and O–H groups in total. The van der Waals surface area contributed by atoms with Crippen LogP contribution in [-0.2, 0) is 4.74 Å². The number of aryl methyl sites for hydroxylation is 1. The Balaban J connectivity index is 2.01. The fourth-order valence-electron chi connectivity index (χ4n) is 2.74. The van der Waals surface area contributed by atoms with Crippen LogP contribution in [0, 0.1) is 12.8 Å². The van der Waals surface area contributed by atoms with Gasteiger partial charge in [-0.15, -0.1) is 0 Å². The molecular weight excluding hydrogens is 238 g/mol. The first kappa shape index (κ1) is 14.4. The van der Waals surface area contributed by atoms with Crippen molar-refractivity contribution in [2.45, 2.75) is 32.7 Å². The molecule has 1 heterocycles. The van der Waals surface area contributed by atoms with Crippen LogP contribution in [0.2, 0.25) is 0 Å². The van der Waals surface area contributed by atoms with Crippen LogP contribution in [0.25, 0.3) is 0 Å². The molecule has 0 spiro atoms. The lowest BCUT2D eigenvalue weighted by atomic mass is 9.97. The molecule has 3 heteroatoms. The van der Waals surface area contributed by atoms with E-state index in [0.717, 1.165) is 38.2 Å². The van der Waals surface area contributed by atoms with Gasteiger partial charge in [0.2, 0.25) is 0 Å². The lowest BCUT2D eigenvalue weighted by Crippen LogP contribution is -2.31. The Morgan fingerprint density at radius 2 is 2.05 bits per heavy atom. The molecular formula is C16H25NO2. The van der Waals surface area contributed by atoms with E-state index in [-0.39, 0.29) is 6.04 Å². The summed E-state index contributed by atoms with van der Waals surface area (Å²) >= 11 is 0. The maximum atomic E-state index is 10.0. The number of phenols is 1. The van der Waals surface area contributed by atoms with Crippen molar-refractivity contribution in [2.24, 2.45) is 5.92 Å². The summed E-state index contributed by atoms with van der Waals surface area (Å²) in [6.45, 7) is 7.07. The molecule has 0 amide bonds. The predicted molar refractivity (Wildman–Crippen MR) is 77.4 cm³/mol. The quantitative estimate of drug-likeness (QED) is 0.906. The molecule has 2 rings (SSSR count). The van der Waals surface area contributed by atoms with E-state index in [4.69, 9.17) is 4.74 Å². The van der Waals surface area contributed by atoms with Crippen molar-refractivity contribution in [3.63, 3.8) is 0 Å². The molecule has 1 saturated heterocycles. The molecule has 1 unspecified atom stereocenters. The van der Waals surface area contributed by atoms with Crippen molar-refractivity contribution in [3.05, 3.63) is 29.3 Å². The van der Waals surface area contributed by atoms with Crippen LogP contribution < -0.4 is 0 Å². The number of benzene rings is 1. The van der Waals surface area contributed by atoms with Gasteiger partial charge in [0.25, 0.3) is 0 Å². The molecule has 0 bridgehead atoms. The number of nitrogens with zero attached hydrogens (tertiary/aromatic N) is 1. The Bertz CT molecular complexity index is 413. The third-order valence-electron chi connectivity index (χ3n) is 4.18. The van der Waals surface area contributed by atoms with Crippen LogP contribution in [0.4, 0.5) is 0 Å². The second kappa shape index (κ2) is 6.40. The van der Waals surface area contributed by atoms with Gasteiger partial charge in [0.1, 0.15) is 5.75 Å². The third kappa shape index (κ3) is 3.71. The van der Waals surface area contributed by atoms with Gasteiger partial charge >= 0.3 is 0 Å². The lowest BCUT2D eigenvalue weighted by Gasteiger charge is -2.31. The van der Waals surface area contributed by atoms with E-state index in [1.54, 1.807) is 6.07 Å². The van der Waals surface area contributed by atoms with E-state index in [0.29, 0.717) is 11.7 Å². The fraction of sp³-hybridized carbons (Fsp3) is 0.625. The fourth-order valence-corrected chi connectivity index (χ4v) is 2.74. The average molecular weight is 263 g/mol. The topological polar surface area (TPSA) is 32.7 Å². The van der Waals surface area contributed by atoms with E-state index >= 15 is 0 Å². The van der Waals surface area contributed by atoms with Gasteiger partial charge in [-0.2, -0.15) is 0 Å². The molecule has 106 valence electrons. The first-order valence-corrected chi connectivity index (χ1v) is 7.15. The van der Waals surface area contributed by atoms with Crippen LogP contribution >= 0.6 is 0 Å². The predicted octanol–water partition coefficient (Wildman–Crippen LogP) is 3.12. The van der Waals surface area contributed by atoms with Crippen molar-refractivity contribution in [1.29, 1.82) is 0 Å². The summed E-state index contributed by atoms with van der Waals surface area (Å²) in [7, 11) is 2.14. The smallest absolute Gasteiger partial charge is 0.120 e. The largest absolute Gasteiger partial charge is 0.508 e. The summed E-state index contributed by atoms with van der Waals surface area (Å²) in [5.41, 5.74) is 2.22. The van der Waals surface area contributed by atoms with Crippen molar-refractivity contribution >= 4 is 0 Å². The highest BCUT2D eigenvalue weighted by Crippen LogP contribution is 2.29. The van der Waals surface area contributed by atoms with Gasteiger partial charge in [0.05, 0.1) is 0 Å². The summed E-state index contributed by atoms with van der Waals surface area (Å²) in [5, 5.41) is 10.0. The maximum Gasteiger partial charge on any atom is 0.120 e. The zero-order valence-electron chi connectivity index (χ0n) is 12.2. The molecule has 0 radical (unpaired) electrons. The average Bonchev–Trinajstić information content (AvgIpc) is 2.42. The molecule has 3 nitrogen and oxygen atoms in total. The summed E-state index contributed by atoms with van der Waals surface area (Å²) in [4.78, 5) is 2.34. The minimum Gasteiger partial charge on any atom is -0.508 e. The van der Waals surface area contributed by atoms with Gasteiger partial charge < -0.3 is 9.84 Å². The van der Waals surface area contributed by atoms with E-state index in [2.05, 4.69) is 31.9 Å². The molecule has 1 aromatic rings. The zero-order chi connectivity index (χ0) is 13.8. The van der Waals surface area contributed by atoms with Gasteiger partial charge in [-0.25, -0.2) is 0 Å². The summed E-state index contributed by atoms with van der Waals surface area (Å²) in [5.74, 6) is 1.12. The van der Waals surface area contributed by atoms with E-state index in [1.165, 1.54) is 5.56 Å². The van der Waals surface area contributed by atoms with E-state index in [9.17, 15) is 5.11 Å². The van der Waals surface area contributed by atoms with Crippen LogP contribution in [0.3, 0.4) is 0 Å². The van der Waals surface area contributed by atoms with Crippen LogP contribution in [0.1, 0.15) is 36.9 Å². The van der Waals surface area contributed by atoms with Crippen LogP contribution in [0.15, 0.2) is 18.2 Å². The SMILES string of the molecule is Cc1ccc(O)c(C(C)N(C)CC2CCOCC2)c1. The summed E-state index contributed by atoms with van der Waals surface area (Å²) < 4.78 is 5.40. The zero-order valence-corrected chi connectivity index (χ0v) is 12.2. The highest BCUT2D eigenvalue weighted by Gasteiger charge is 2.20. The first-order chi connectivity index (χ1) is 9.08. The Morgan fingerprint density at radius 3 is 2.74 bits per heavy atom. The lowest BCUT2D eigenvalue weighted by molar-refractivity contribution is 0.0511. The molecule has 0 aliphatic carbocycles. The Morgan fingerprint density at radius 1 is 1.37 bits per heavy atom. The molecule has 0 aromatic heterocycles. The van der Waals surface area contributed by atoms with E-state index < -0.39 is 0 Å². The van der Waals surface area contributed by atoms with Gasteiger partial charge in [0, 0.05) is 31.4 Å². The molecule has 1 aromatic carbocycles. The van der Waals surface area contributed by atoms with E-state index in [1.807, 2.05) is 6.07 Å².